The highest BCUT2D eigenvalue weighted by Crippen LogP contribution is 2.19. The molecule has 0 saturated heterocycles. The molecule has 1 aliphatic rings. The van der Waals surface area contributed by atoms with Gasteiger partial charge in [-0.2, -0.15) is 12.7 Å². The van der Waals surface area contributed by atoms with Gasteiger partial charge >= 0.3 is 0 Å². The van der Waals surface area contributed by atoms with Gasteiger partial charge in [-0.05, 0) is 32.1 Å². The summed E-state index contributed by atoms with van der Waals surface area (Å²) in [5.41, 5.74) is 5.81. The lowest BCUT2D eigenvalue weighted by Gasteiger charge is -2.26. The van der Waals surface area contributed by atoms with E-state index in [2.05, 4.69) is 4.72 Å². The monoisotopic (exact) mass is 279 g/mol. The zero-order chi connectivity index (χ0) is 13.6. The fraction of sp³-hybridized carbons (Fsp3) is 1.00. The molecule has 108 valence electrons. The summed E-state index contributed by atoms with van der Waals surface area (Å²) in [6.07, 6.45) is 5.08. The number of nitrogens with one attached hydrogen (secondary N) is 1. The van der Waals surface area contributed by atoms with Crippen LogP contribution in [0.1, 0.15) is 32.1 Å². The SMILES string of the molecule is CN(C)S(=O)(=O)NCCCOC1CCC(N)CC1. The molecule has 0 aromatic heterocycles. The van der Waals surface area contributed by atoms with E-state index in [-0.39, 0.29) is 0 Å². The summed E-state index contributed by atoms with van der Waals surface area (Å²) >= 11 is 0. The quantitative estimate of drug-likeness (QED) is 0.645. The Balaban J connectivity index is 2.06. The fourth-order valence-electron chi connectivity index (χ4n) is 1.91. The molecule has 1 aliphatic carbocycles. The van der Waals surface area contributed by atoms with Gasteiger partial charge < -0.3 is 10.5 Å². The number of hydrogen-bond acceptors (Lipinski definition) is 4. The molecule has 1 rings (SSSR count). The number of ether oxygens (including phenoxy) is 1. The van der Waals surface area contributed by atoms with Crippen LogP contribution in [-0.4, -0.2) is 52.1 Å². The van der Waals surface area contributed by atoms with Gasteiger partial charge in [0.1, 0.15) is 0 Å². The van der Waals surface area contributed by atoms with Crippen molar-refractivity contribution in [3.05, 3.63) is 0 Å². The van der Waals surface area contributed by atoms with Crippen molar-refractivity contribution in [3.63, 3.8) is 0 Å². The first-order valence-corrected chi connectivity index (χ1v) is 7.90. The van der Waals surface area contributed by atoms with Crippen LogP contribution in [0.15, 0.2) is 0 Å². The molecular weight excluding hydrogens is 254 g/mol. The molecule has 18 heavy (non-hydrogen) atoms. The minimum Gasteiger partial charge on any atom is -0.378 e. The minimum atomic E-state index is -3.30. The molecule has 0 heterocycles. The predicted molar refractivity (Wildman–Crippen MR) is 71.4 cm³/mol. The summed E-state index contributed by atoms with van der Waals surface area (Å²) in [5, 5.41) is 0. The van der Waals surface area contributed by atoms with Crippen molar-refractivity contribution in [1.82, 2.24) is 9.03 Å². The molecule has 0 aliphatic heterocycles. The van der Waals surface area contributed by atoms with Gasteiger partial charge in [-0.1, -0.05) is 0 Å². The van der Waals surface area contributed by atoms with Gasteiger partial charge in [-0.25, -0.2) is 4.72 Å². The van der Waals surface area contributed by atoms with E-state index in [1.54, 1.807) is 0 Å². The maximum absolute atomic E-state index is 11.4. The Morgan fingerprint density at radius 3 is 2.44 bits per heavy atom. The first kappa shape index (κ1) is 15.8. The Labute approximate surface area is 110 Å². The first-order chi connectivity index (χ1) is 8.42. The van der Waals surface area contributed by atoms with Gasteiger partial charge in [0.05, 0.1) is 6.10 Å². The van der Waals surface area contributed by atoms with Gasteiger partial charge in [0.25, 0.3) is 10.2 Å². The van der Waals surface area contributed by atoms with Gasteiger partial charge in [0, 0.05) is 33.3 Å². The molecule has 0 radical (unpaired) electrons. The van der Waals surface area contributed by atoms with E-state index in [0.29, 0.717) is 31.7 Å². The van der Waals surface area contributed by atoms with Gasteiger partial charge in [0.15, 0.2) is 0 Å². The third-order valence-corrected chi connectivity index (χ3v) is 4.69. The molecule has 6 nitrogen and oxygen atoms in total. The lowest BCUT2D eigenvalue weighted by atomic mass is 9.94. The summed E-state index contributed by atoms with van der Waals surface area (Å²) in [7, 11) is -0.291. The van der Waals surface area contributed by atoms with Gasteiger partial charge in [-0.3, -0.25) is 0 Å². The van der Waals surface area contributed by atoms with Crippen molar-refractivity contribution >= 4 is 10.2 Å². The molecular formula is C11H25N3O3S. The second-order valence-electron chi connectivity index (χ2n) is 4.94. The molecule has 0 amide bonds. The molecule has 0 bridgehead atoms. The van der Waals surface area contributed by atoms with Crippen LogP contribution in [0.25, 0.3) is 0 Å². The summed E-state index contributed by atoms with van der Waals surface area (Å²) in [5.74, 6) is 0. The van der Waals surface area contributed by atoms with Crippen LogP contribution in [0.4, 0.5) is 0 Å². The lowest BCUT2D eigenvalue weighted by Crippen LogP contribution is -2.36. The largest absolute Gasteiger partial charge is 0.378 e. The van der Waals surface area contributed by atoms with E-state index in [0.717, 1.165) is 30.0 Å². The standard InChI is InChI=1S/C11H25N3O3S/c1-14(2)18(15,16)13-8-3-9-17-11-6-4-10(12)5-7-11/h10-11,13H,3-9,12H2,1-2H3. The van der Waals surface area contributed by atoms with Crippen LogP contribution in [0.2, 0.25) is 0 Å². The predicted octanol–water partition coefficient (Wildman–Crippen LogP) is 0.0590. The average Bonchev–Trinajstić information content (AvgIpc) is 2.31. The Hall–Kier alpha value is -0.210. The maximum Gasteiger partial charge on any atom is 0.278 e. The van der Waals surface area contributed by atoms with Crippen LogP contribution in [-0.2, 0) is 14.9 Å². The molecule has 3 N–H and O–H groups in total. The summed E-state index contributed by atoms with van der Waals surface area (Å²) in [6, 6.07) is 0.330. The highest BCUT2D eigenvalue weighted by molar-refractivity contribution is 7.87. The van der Waals surface area contributed by atoms with Crippen LogP contribution < -0.4 is 10.5 Å². The molecule has 1 saturated carbocycles. The Kier molecular flexibility index (Phi) is 6.51. The van der Waals surface area contributed by atoms with Crippen molar-refractivity contribution in [3.8, 4) is 0 Å². The Bertz CT molecular complexity index is 324. The van der Waals surface area contributed by atoms with Crippen molar-refractivity contribution in [2.24, 2.45) is 5.73 Å². The van der Waals surface area contributed by atoms with E-state index < -0.39 is 10.2 Å². The number of hydrogen-bond donors (Lipinski definition) is 2. The third-order valence-electron chi connectivity index (χ3n) is 3.16. The van der Waals surface area contributed by atoms with Crippen molar-refractivity contribution in [2.75, 3.05) is 27.2 Å². The fourth-order valence-corrected chi connectivity index (χ4v) is 2.57. The van der Waals surface area contributed by atoms with Crippen LogP contribution >= 0.6 is 0 Å². The van der Waals surface area contributed by atoms with Gasteiger partial charge in [-0.15, -0.1) is 0 Å². The molecule has 1 fully saturated rings. The molecule has 0 unspecified atom stereocenters. The van der Waals surface area contributed by atoms with E-state index >= 15 is 0 Å². The maximum atomic E-state index is 11.4. The third kappa shape index (κ3) is 5.62. The highest BCUT2D eigenvalue weighted by atomic mass is 32.2. The van der Waals surface area contributed by atoms with Crippen LogP contribution in [0.3, 0.4) is 0 Å². The Morgan fingerprint density at radius 1 is 1.28 bits per heavy atom. The van der Waals surface area contributed by atoms with E-state index in [1.165, 1.54) is 14.1 Å². The van der Waals surface area contributed by atoms with Crippen LogP contribution in [0.5, 0.6) is 0 Å². The number of nitrogens with zero attached hydrogens (tertiary/aromatic N) is 1. The topological polar surface area (TPSA) is 84.7 Å². The van der Waals surface area contributed by atoms with Crippen LogP contribution in [0, 0.1) is 0 Å². The normalized spacial score (nSPS) is 25.6. The Morgan fingerprint density at radius 2 is 1.89 bits per heavy atom. The summed E-state index contributed by atoms with van der Waals surface area (Å²) < 4.78 is 32.1. The molecule has 7 heteroatoms. The van der Waals surface area contributed by atoms with Gasteiger partial charge in [0.2, 0.25) is 0 Å². The molecule has 0 aromatic carbocycles. The number of rotatable bonds is 7. The smallest absolute Gasteiger partial charge is 0.278 e. The van der Waals surface area contributed by atoms with Crippen molar-refractivity contribution < 1.29 is 13.2 Å². The van der Waals surface area contributed by atoms with E-state index in [1.807, 2.05) is 0 Å². The zero-order valence-electron chi connectivity index (χ0n) is 11.3. The number of nitrogens with two attached hydrogens (primary N) is 1. The second kappa shape index (κ2) is 7.40. The molecule has 0 spiro atoms. The summed E-state index contributed by atoms with van der Waals surface area (Å²) in [4.78, 5) is 0. The zero-order valence-corrected chi connectivity index (χ0v) is 12.1. The lowest BCUT2D eigenvalue weighted by molar-refractivity contribution is 0.0245. The van der Waals surface area contributed by atoms with E-state index in [4.69, 9.17) is 10.5 Å². The highest BCUT2D eigenvalue weighted by Gasteiger charge is 2.18. The van der Waals surface area contributed by atoms with E-state index in [9.17, 15) is 8.42 Å². The molecule has 0 atom stereocenters. The average molecular weight is 279 g/mol. The van der Waals surface area contributed by atoms with Crippen molar-refractivity contribution in [1.29, 1.82) is 0 Å². The molecule has 0 aromatic rings. The van der Waals surface area contributed by atoms with Crippen molar-refractivity contribution in [2.45, 2.75) is 44.2 Å². The minimum absolute atomic E-state index is 0.301. The first-order valence-electron chi connectivity index (χ1n) is 6.46. The summed E-state index contributed by atoms with van der Waals surface area (Å²) in [6.45, 7) is 1.00. The second-order valence-corrected chi connectivity index (χ2v) is 6.91.